The summed E-state index contributed by atoms with van der Waals surface area (Å²) >= 11 is 10.4. The number of methoxy groups -OCH3 is 1. The summed E-state index contributed by atoms with van der Waals surface area (Å²) in [4.78, 5) is 25.2. The molecular weight excluding hydrogens is 708 g/mol. The molecule has 6 rings (SSSR count). The molecule has 0 aliphatic carbocycles. The third-order valence-corrected chi connectivity index (χ3v) is 10.9. The highest BCUT2D eigenvalue weighted by Gasteiger charge is 2.28. The normalized spacial score (nSPS) is 16.8. The minimum atomic E-state index is -3.58. The second-order valence-corrected chi connectivity index (χ2v) is 15.1. The number of nitrogens with one attached hydrogen (secondary N) is 2. The molecule has 0 atom stereocenters. The third kappa shape index (κ3) is 7.49. The maximum Gasteiger partial charge on any atom is 0.232 e. The molecule has 2 aromatic carbocycles. The van der Waals surface area contributed by atoms with Crippen LogP contribution < -0.4 is 24.6 Å². The smallest absolute Gasteiger partial charge is 0.232 e. The van der Waals surface area contributed by atoms with Crippen molar-refractivity contribution in [3.63, 3.8) is 0 Å². The van der Waals surface area contributed by atoms with Gasteiger partial charge in [0.25, 0.3) is 0 Å². The Kier molecular flexibility index (Phi) is 9.90. The van der Waals surface area contributed by atoms with E-state index in [1.807, 2.05) is 12.1 Å². The zero-order valence-electron chi connectivity index (χ0n) is 26.7. The van der Waals surface area contributed by atoms with Gasteiger partial charge >= 0.3 is 0 Å². The number of hydrogen-bond acceptors (Lipinski definition) is 12. The molecule has 2 aliphatic rings. The van der Waals surface area contributed by atoms with E-state index >= 15 is 0 Å². The van der Waals surface area contributed by atoms with Gasteiger partial charge in [0.2, 0.25) is 16.0 Å². The van der Waals surface area contributed by atoms with Crippen LogP contribution in [0.2, 0.25) is 5.02 Å². The van der Waals surface area contributed by atoms with Crippen LogP contribution in [-0.4, -0.2) is 111 Å². The van der Waals surface area contributed by atoms with Crippen LogP contribution in [0.3, 0.4) is 0 Å². The number of fused-ring (bicyclic) bond motifs is 1. The Hall–Kier alpha value is -3.50. The molecule has 4 heterocycles. The Bertz CT molecular complexity index is 1870. The van der Waals surface area contributed by atoms with Crippen molar-refractivity contribution in [2.24, 2.45) is 0 Å². The average Bonchev–Trinajstić information content (AvgIpc) is 3.06. The predicted molar refractivity (Wildman–Crippen MR) is 191 cm³/mol. The van der Waals surface area contributed by atoms with Crippen LogP contribution in [0.5, 0.6) is 5.75 Å². The maximum absolute atomic E-state index is 12.5. The lowest BCUT2D eigenvalue weighted by atomic mass is 10.0. The van der Waals surface area contributed by atoms with Crippen molar-refractivity contribution < 1.29 is 13.2 Å². The molecule has 4 aromatic rings. The molecule has 47 heavy (non-hydrogen) atoms. The van der Waals surface area contributed by atoms with Crippen LogP contribution in [0.15, 0.2) is 47.3 Å². The lowest BCUT2D eigenvalue weighted by molar-refractivity contribution is 0.0982. The summed E-state index contributed by atoms with van der Waals surface area (Å²) in [6, 6.07) is 7.80. The number of rotatable bonds is 9. The highest BCUT2D eigenvalue weighted by atomic mass is 79.9. The van der Waals surface area contributed by atoms with E-state index < -0.39 is 10.0 Å². The molecule has 0 saturated carbocycles. The van der Waals surface area contributed by atoms with Gasteiger partial charge in [-0.25, -0.2) is 13.4 Å². The summed E-state index contributed by atoms with van der Waals surface area (Å²) in [5.74, 6) is 1.29. The Morgan fingerprint density at radius 3 is 2.30 bits per heavy atom. The molecule has 16 heteroatoms. The number of halogens is 2. The Morgan fingerprint density at radius 2 is 1.64 bits per heavy atom. The number of aromatic nitrogens is 4. The minimum absolute atomic E-state index is 0.282. The van der Waals surface area contributed by atoms with Crippen molar-refractivity contribution in [3.05, 3.63) is 52.4 Å². The number of hydrogen-bond donors (Lipinski definition) is 2. The average molecular weight is 746 g/mol. The van der Waals surface area contributed by atoms with Gasteiger partial charge < -0.3 is 25.2 Å². The molecule has 2 N–H and O–H groups in total. The van der Waals surface area contributed by atoms with Gasteiger partial charge in [0.15, 0.2) is 0 Å². The van der Waals surface area contributed by atoms with Crippen molar-refractivity contribution in [3.8, 4) is 5.75 Å². The van der Waals surface area contributed by atoms with Gasteiger partial charge in [0.1, 0.15) is 11.6 Å². The van der Waals surface area contributed by atoms with Crippen LogP contribution in [0.1, 0.15) is 12.8 Å². The van der Waals surface area contributed by atoms with Crippen molar-refractivity contribution in [2.75, 3.05) is 86.6 Å². The molecule has 2 aliphatic heterocycles. The zero-order chi connectivity index (χ0) is 33.3. The largest absolute Gasteiger partial charge is 0.494 e. The first-order chi connectivity index (χ1) is 22.5. The lowest BCUT2D eigenvalue weighted by Crippen LogP contribution is -2.52. The van der Waals surface area contributed by atoms with Gasteiger partial charge in [-0.05, 0) is 54.0 Å². The van der Waals surface area contributed by atoms with Gasteiger partial charge in [0, 0.05) is 77.0 Å². The summed E-state index contributed by atoms with van der Waals surface area (Å²) in [5, 5.41) is 7.10. The fourth-order valence-corrected chi connectivity index (χ4v) is 7.09. The topological polar surface area (TPSA) is 132 Å². The molecule has 0 amide bonds. The van der Waals surface area contributed by atoms with E-state index in [0.29, 0.717) is 55.2 Å². The summed E-state index contributed by atoms with van der Waals surface area (Å²) in [6.07, 6.45) is 8.07. The predicted octanol–water partition coefficient (Wildman–Crippen LogP) is 4.94. The van der Waals surface area contributed by atoms with Crippen molar-refractivity contribution in [1.29, 1.82) is 0 Å². The standard InChI is InChI=1S/C31H38BrClN10O3S/c1-40-11-13-42(14-12-40)20-5-9-43(10-6-20)27-18-29(46-3)26(15-22(27)33)38-31-36-19-21(32)30(39-31)37-25-16-23-24(35-8-7-34-23)17-28(25)41(2)47(4,44)45/h7-8,15-20H,5-6,9-14H2,1-4H3,(H2,36,37,38,39). The number of nitrogens with zero attached hydrogens (tertiary/aromatic N) is 8. The van der Waals surface area contributed by atoms with Gasteiger partial charge in [0.05, 0.1) is 56.6 Å². The molecule has 2 aromatic heterocycles. The van der Waals surface area contributed by atoms with E-state index in [-0.39, 0.29) is 5.95 Å². The first-order valence-corrected chi connectivity index (χ1v) is 18.3. The second kappa shape index (κ2) is 13.9. The number of piperidine rings is 1. The van der Waals surface area contributed by atoms with Crippen LogP contribution >= 0.6 is 27.5 Å². The molecule has 0 radical (unpaired) electrons. The fourth-order valence-electron chi connectivity index (χ4n) is 6.01. The number of anilines is 6. The zero-order valence-corrected chi connectivity index (χ0v) is 29.9. The van der Waals surface area contributed by atoms with Crippen molar-refractivity contribution >= 4 is 83.1 Å². The Morgan fingerprint density at radius 1 is 0.957 bits per heavy atom. The Balaban J connectivity index is 1.22. The Labute approximate surface area is 288 Å². The van der Waals surface area contributed by atoms with Crippen molar-refractivity contribution in [2.45, 2.75) is 18.9 Å². The van der Waals surface area contributed by atoms with E-state index in [1.54, 1.807) is 37.8 Å². The first-order valence-electron chi connectivity index (χ1n) is 15.3. The van der Waals surface area contributed by atoms with Crippen molar-refractivity contribution in [1.82, 2.24) is 29.7 Å². The van der Waals surface area contributed by atoms with Gasteiger partial charge in [-0.2, -0.15) is 4.98 Å². The van der Waals surface area contributed by atoms with Gasteiger partial charge in [-0.3, -0.25) is 19.2 Å². The van der Waals surface area contributed by atoms with E-state index in [2.05, 4.69) is 68.2 Å². The highest BCUT2D eigenvalue weighted by Crippen LogP contribution is 2.40. The molecule has 250 valence electrons. The van der Waals surface area contributed by atoms with E-state index in [0.717, 1.165) is 64.1 Å². The van der Waals surface area contributed by atoms with E-state index in [1.165, 1.54) is 11.4 Å². The molecule has 13 nitrogen and oxygen atoms in total. The SMILES string of the molecule is COc1cc(N2CCC(N3CCN(C)CC3)CC2)c(Cl)cc1Nc1ncc(Br)c(Nc2cc3nccnc3cc2N(C)S(C)(=O)=O)n1. The van der Waals surface area contributed by atoms with E-state index in [4.69, 9.17) is 16.3 Å². The van der Waals surface area contributed by atoms with Gasteiger partial charge in [-0.1, -0.05) is 11.6 Å². The summed E-state index contributed by atoms with van der Waals surface area (Å²) in [6.45, 7) is 6.35. The highest BCUT2D eigenvalue weighted by molar-refractivity contribution is 9.10. The molecule has 0 spiro atoms. The molecule has 2 fully saturated rings. The second-order valence-electron chi connectivity index (χ2n) is 11.8. The quantitative estimate of drug-likeness (QED) is 0.241. The lowest BCUT2D eigenvalue weighted by Gasteiger charge is -2.42. The third-order valence-electron chi connectivity index (χ3n) is 8.80. The number of ether oxygens (including phenoxy) is 1. The van der Waals surface area contributed by atoms with E-state index in [9.17, 15) is 8.42 Å². The summed E-state index contributed by atoms with van der Waals surface area (Å²) < 4.78 is 32.5. The summed E-state index contributed by atoms with van der Waals surface area (Å²) in [7, 11) is 1.71. The van der Waals surface area contributed by atoms with Crippen LogP contribution in [0, 0.1) is 0 Å². The fraction of sp³-hybridized carbons (Fsp3) is 0.419. The maximum atomic E-state index is 12.5. The monoisotopic (exact) mass is 744 g/mol. The van der Waals surface area contributed by atoms with Crippen LogP contribution in [0.4, 0.5) is 34.5 Å². The van der Waals surface area contributed by atoms with Crippen LogP contribution in [0.25, 0.3) is 11.0 Å². The summed E-state index contributed by atoms with van der Waals surface area (Å²) in [5.41, 5.74) is 3.55. The number of sulfonamides is 1. The van der Waals surface area contributed by atoms with Crippen LogP contribution in [-0.2, 0) is 10.0 Å². The molecule has 0 unspecified atom stereocenters. The first kappa shape index (κ1) is 33.4. The number of likely N-dealkylation sites (N-methyl/N-ethyl adjacent to an activating group) is 1. The number of piperazine rings is 1. The minimum Gasteiger partial charge on any atom is -0.494 e. The molecular formula is C31H38BrClN10O3S. The molecule has 0 bridgehead atoms. The number of benzene rings is 2. The van der Waals surface area contributed by atoms with Gasteiger partial charge in [-0.15, -0.1) is 0 Å². The molecule has 2 saturated heterocycles.